The Morgan fingerprint density at radius 2 is 2.17 bits per heavy atom. The van der Waals surface area contributed by atoms with Gasteiger partial charge in [0.1, 0.15) is 5.75 Å². The van der Waals surface area contributed by atoms with E-state index in [0.29, 0.717) is 0 Å². The van der Waals surface area contributed by atoms with E-state index in [1.54, 1.807) is 7.11 Å². The summed E-state index contributed by atoms with van der Waals surface area (Å²) >= 11 is 0. The molecule has 1 unspecified atom stereocenters. The van der Waals surface area contributed by atoms with Crippen LogP contribution in [0.3, 0.4) is 0 Å². The lowest BCUT2D eigenvalue weighted by molar-refractivity contribution is 0.190. The van der Waals surface area contributed by atoms with Crippen molar-refractivity contribution in [3.05, 3.63) is 23.8 Å². The minimum atomic E-state index is 0.138. The van der Waals surface area contributed by atoms with Crippen molar-refractivity contribution >= 4 is 5.69 Å². The van der Waals surface area contributed by atoms with Gasteiger partial charge in [0.15, 0.2) is 0 Å². The van der Waals surface area contributed by atoms with Crippen molar-refractivity contribution in [2.75, 3.05) is 45.3 Å². The van der Waals surface area contributed by atoms with Gasteiger partial charge in [-0.1, -0.05) is 6.07 Å². The molecule has 0 spiro atoms. The lowest BCUT2D eigenvalue weighted by Crippen LogP contribution is -2.53. The van der Waals surface area contributed by atoms with Gasteiger partial charge in [0, 0.05) is 19.6 Å². The fraction of sp³-hybridized carbons (Fsp3) is 0.571. The first-order valence-corrected chi connectivity index (χ1v) is 6.36. The molecule has 0 radical (unpaired) electrons. The van der Waals surface area contributed by atoms with Gasteiger partial charge in [-0.15, -0.1) is 0 Å². The number of aryl methyl sites for hydroxylation is 1. The molecule has 4 heteroatoms. The first kappa shape index (κ1) is 13.2. The number of rotatable bonds is 3. The van der Waals surface area contributed by atoms with Gasteiger partial charge < -0.3 is 19.6 Å². The van der Waals surface area contributed by atoms with Gasteiger partial charge in [-0.2, -0.15) is 0 Å². The average molecular weight is 250 g/mol. The van der Waals surface area contributed by atoms with Crippen LogP contribution in [-0.2, 0) is 0 Å². The Morgan fingerprint density at radius 3 is 2.83 bits per heavy atom. The van der Waals surface area contributed by atoms with E-state index < -0.39 is 0 Å². The number of methoxy groups -OCH3 is 1. The van der Waals surface area contributed by atoms with Gasteiger partial charge in [0.2, 0.25) is 0 Å². The van der Waals surface area contributed by atoms with Crippen LogP contribution in [0.2, 0.25) is 0 Å². The summed E-state index contributed by atoms with van der Waals surface area (Å²) in [5, 5.41) is 9.56. The lowest BCUT2D eigenvalue weighted by Gasteiger charge is -2.41. The molecule has 100 valence electrons. The zero-order valence-corrected chi connectivity index (χ0v) is 11.4. The van der Waals surface area contributed by atoms with E-state index in [0.717, 1.165) is 31.1 Å². The molecule has 1 atom stereocenters. The molecule has 1 saturated heterocycles. The molecule has 0 bridgehead atoms. The molecule has 1 heterocycles. The van der Waals surface area contributed by atoms with Crippen LogP contribution in [0.4, 0.5) is 5.69 Å². The third-order valence-electron chi connectivity index (χ3n) is 3.54. The first-order valence-electron chi connectivity index (χ1n) is 6.36. The molecule has 1 aliphatic rings. The van der Waals surface area contributed by atoms with E-state index in [-0.39, 0.29) is 12.6 Å². The second-order valence-corrected chi connectivity index (χ2v) is 4.97. The molecular formula is C14H22N2O2. The van der Waals surface area contributed by atoms with Crippen molar-refractivity contribution in [3.8, 4) is 5.75 Å². The molecular weight excluding hydrogens is 228 g/mol. The summed E-state index contributed by atoms with van der Waals surface area (Å²) in [6, 6.07) is 6.32. The van der Waals surface area contributed by atoms with E-state index in [1.807, 2.05) is 12.1 Å². The minimum Gasteiger partial charge on any atom is -0.495 e. The number of aliphatic hydroxyl groups excluding tert-OH is 1. The van der Waals surface area contributed by atoms with Crippen molar-refractivity contribution in [2.45, 2.75) is 13.0 Å². The number of piperazine rings is 1. The number of ether oxygens (including phenoxy) is 1. The Hall–Kier alpha value is -1.26. The van der Waals surface area contributed by atoms with Gasteiger partial charge in [-0.25, -0.2) is 0 Å². The lowest BCUT2D eigenvalue weighted by atomic mass is 10.1. The number of benzene rings is 1. The second-order valence-electron chi connectivity index (χ2n) is 4.97. The largest absolute Gasteiger partial charge is 0.495 e. The monoisotopic (exact) mass is 250 g/mol. The van der Waals surface area contributed by atoms with Crippen molar-refractivity contribution < 1.29 is 9.84 Å². The maximum Gasteiger partial charge on any atom is 0.142 e. The Bertz CT molecular complexity index is 409. The van der Waals surface area contributed by atoms with Crippen LogP contribution in [0.25, 0.3) is 0 Å². The summed E-state index contributed by atoms with van der Waals surface area (Å²) in [5.41, 5.74) is 2.30. The molecule has 0 aromatic heterocycles. The first-order chi connectivity index (χ1) is 8.65. The summed E-state index contributed by atoms with van der Waals surface area (Å²) in [6.45, 7) is 5.05. The number of nitrogens with zero attached hydrogens (tertiary/aromatic N) is 2. The van der Waals surface area contributed by atoms with Crippen LogP contribution in [0, 0.1) is 6.92 Å². The van der Waals surface area contributed by atoms with Crippen molar-refractivity contribution in [3.63, 3.8) is 0 Å². The minimum absolute atomic E-state index is 0.138. The standard InChI is InChI=1S/C14H22N2O2/c1-11-4-5-14(18-3)13(8-11)16-7-6-15(2)9-12(16)10-17/h4-5,8,12,17H,6-7,9-10H2,1-3H3. The third-order valence-corrected chi connectivity index (χ3v) is 3.54. The number of hydrogen-bond acceptors (Lipinski definition) is 4. The van der Waals surface area contributed by atoms with Crippen LogP contribution < -0.4 is 9.64 Å². The fourth-order valence-electron chi connectivity index (χ4n) is 2.51. The zero-order valence-electron chi connectivity index (χ0n) is 11.4. The van der Waals surface area contributed by atoms with Crippen LogP contribution in [-0.4, -0.2) is 56.4 Å². The highest BCUT2D eigenvalue weighted by Gasteiger charge is 2.26. The van der Waals surface area contributed by atoms with Crippen molar-refractivity contribution in [1.29, 1.82) is 0 Å². The highest BCUT2D eigenvalue weighted by molar-refractivity contribution is 5.61. The highest BCUT2D eigenvalue weighted by atomic mass is 16.5. The van der Waals surface area contributed by atoms with E-state index in [4.69, 9.17) is 4.74 Å². The Labute approximate surface area is 109 Å². The predicted molar refractivity (Wildman–Crippen MR) is 73.4 cm³/mol. The summed E-state index contributed by atoms with van der Waals surface area (Å²) < 4.78 is 5.44. The maximum atomic E-state index is 9.56. The molecule has 0 aliphatic carbocycles. The third kappa shape index (κ3) is 2.60. The fourth-order valence-corrected chi connectivity index (χ4v) is 2.51. The number of aliphatic hydroxyl groups is 1. The van der Waals surface area contributed by atoms with Crippen LogP contribution in [0.5, 0.6) is 5.75 Å². The van der Waals surface area contributed by atoms with E-state index in [1.165, 1.54) is 5.56 Å². The van der Waals surface area contributed by atoms with Crippen LogP contribution >= 0.6 is 0 Å². The van der Waals surface area contributed by atoms with Crippen molar-refractivity contribution in [1.82, 2.24) is 4.90 Å². The summed E-state index contributed by atoms with van der Waals surface area (Å²) in [6.07, 6.45) is 0. The van der Waals surface area contributed by atoms with Crippen LogP contribution in [0.1, 0.15) is 5.56 Å². The normalized spacial score (nSPS) is 21.1. The zero-order chi connectivity index (χ0) is 13.1. The Balaban J connectivity index is 2.31. The number of likely N-dealkylation sites (N-methyl/N-ethyl adjacent to an activating group) is 1. The average Bonchev–Trinajstić information content (AvgIpc) is 2.38. The van der Waals surface area contributed by atoms with Crippen molar-refractivity contribution in [2.24, 2.45) is 0 Å². The van der Waals surface area contributed by atoms with Gasteiger partial charge in [0.05, 0.1) is 25.4 Å². The predicted octanol–water partition coefficient (Wildman–Crippen LogP) is 1.12. The molecule has 1 aliphatic heterocycles. The molecule has 1 N–H and O–H groups in total. The Kier molecular flexibility index (Phi) is 4.09. The molecule has 1 aromatic carbocycles. The SMILES string of the molecule is COc1ccc(C)cc1N1CCN(C)CC1CO. The van der Waals surface area contributed by atoms with Gasteiger partial charge >= 0.3 is 0 Å². The Morgan fingerprint density at radius 1 is 1.39 bits per heavy atom. The summed E-state index contributed by atoms with van der Waals surface area (Å²) in [4.78, 5) is 4.51. The van der Waals surface area contributed by atoms with Gasteiger partial charge in [-0.3, -0.25) is 0 Å². The van der Waals surface area contributed by atoms with Crippen LogP contribution in [0.15, 0.2) is 18.2 Å². The highest BCUT2D eigenvalue weighted by Crippen LogP contribution is 2.31. The summed E-state index contributed by atoms with van der Waals surface area (Å²) in [7, 11) is 3.78. The van der Waals surface area contributed by atoms with Gasteiger partial charge in [-0.05, 0) is 31.7 Å². The van der Waals surface area contributed by atoms with E-state index in [9.17, 15) is 5.11 Å². The smallest absolute Gasteiger partial charge is 0.142 e. The number of anilines is 1. The van der Waals surface area contributed by atoms with E-state index in [2.05, 4.69) is 29.8 Å². The van der Waals surface area contributed by atoms with E-state index >= 15 is 0 Å². The molecule has 4 nitrogen and oxygen atoms in total. The molecule has 1 aromatic rings. The maximum absolute atomic E-state index is 9.56. The molecule has 1 fully saturated rings. The topological polar surface area (TPSA) is 35.9 Å². The molecule has 0 saturated carbocycles. The molecule has 0 amide bonds. The molecule has 18 heavy (non-hydrogen) atoms. The second kappa shape index (κ2) is 5.59. The van der Waals surface area contributed by atoms with Gasteiger partial charge in [0.25, 0.3) is 0 Å². The quantitative estimate of drug-likeness (QED) is 0.872. The molecule has 2 rings (SSSR count). The number of hydrogen-bond donors (Lipinski definition) is 1. The summed E-state index contributed by atoms with van der Waals surface area (Å²) in [5.74, 6) is 0.878.